The maximum atomic E-state index is 11.0. The predicted octanol–water partition coefficient (Wildman–Crippen LogP) is 1.36. The normalized spacial score (nSPS) is 13.2. The molecule has 3 heteroatoms. The first-order chi connectivity index (χ1) is 5.07. The highest BCUT2D eigenvalue weighted by Gasteiger charge is 2.14. The molecule has 0 amide bonds. The number of ether oxygens (including phenoxy) is 2. The molecular formula is C8H16O3. The molecule has 1 unspecified atom stereocenters. The molecule has 3 nitrogen and oxygen atoms in total. The molecule has 0 bridgehead atoms. The molecule has 0 saturated carbocycles. The molecule has 0 spiro atoms. The van der Waals surface area contributed by atoms with Gasteiger partial charge in [-0.05, 0) is 27.7 Å². The predicted molar refractivity (Wildman–Crippen MR) is 42.3 cm³/mol. The van der Waals surface area contributed by atoms with Gasteiger partial charge in [-0.2, -0.15) is 0 Å². The van der Waals surface area contributed by atoms with Crippen molar-refractivity contribution in [2.45, 2.75) is 39.9 Å². The van der Waals surface area contributed by atoms with Crippen LogP contribution in [-0.2, 0) is 14.3 Å². The third-order valence-corrected chi connectivity index (χ3v) is 1.10. The largest absolute Gasteiger partial charge is 0.461 e. The van der Waals surface area contributed by atoms with Gasteiger partial charge < -0.3 is 9.47 Å². The number of hydrogen-bond donors (Lipinski definition) is 0. The number of rotatable bonds is 4. The minimum absolute atomic E-state index is 0.0644. The van der Waals surface area contributed by atoms with E-state index in [1.165, 1.54) is 0 Å². The summed E-state index contributed by atoms with van der Waals surface area (Å²) < 4.78 is 9.93. The SMILES string of the molecule is CCOC(C)C(=O)OC(C)C. The number of carbonyl (C=O) groups excluding carboxylic acids is 1. The third-order valence-electron chi connectivity index (χ3n) is 1.10. The Morgan fingerprint density at radius 1 is 1.36 bits per heavy atom. The number of esters is 1. The summed E-state index contributed by atoms with van der Waals surface area (Å²) in [4.78, 5) is 11.0. The van der Waals surface area contributed by atoms with Crippen LogP contribution in [0.15, 0.2) is 0 Å². The number of hydrogen-bond acceptors (Lipinski definition) is 3. The summed E-state index contributed by atoms with van der Waals surface area (Å²) in [6.07, 6.45) is -0.507. The molecule has 0 aromatic heterocycles. The Bertz CT molecular complexity index is 121. The average Bonchev–Trinajstić information content (AvgIpc) is 1.86. The molecule has 66 valence electrons. The monoisotopic (exact) mass is 160 g/mol. The summed E-state index contributed by atoms with van der Waals surface area (Å²) in [6, 6.07) is 0. The molecule has 1 atom stereocenters. The Labute approximate surface area is 67.7 Å². The average molecular weight is 160 g/mol. The highest BCUT2D eigenvalue weighted by Crippen LogP contribution is 1.97. The second-order valence-corrected chi connectivity index (χ2v) is 2.58. The second kappa shape index (κ2) is 5.13. The molecule has 0 aliphatic carbocycles. The Hall–Kier alpha value is -0.570. The highest BCUT2D eigenvalue weighted by molar-refractivity contribution is 5.74. The van der Waals surface area contributed by atoms with Crippen molar-refractivity contribution in [3.8, 4) is 0 Å². The third kappa shape index (κ3) is 4.79. The van der Waals surface area contributed by atoms with E-state index in [0.29, 0.717) is 6.61 Å². The Morgan fingerprint density at radius 2 is 1.91 bits per heavy atom. The van der Waals surface area contributed by atoms with E-state index < -0.39 is 6.10 Å². The van der Waals surface area contributed by atoms with E-state index >= 15 is 0 Å². The van der Waals surface area contributed by atoms with E-state index in [0.717, 1.165) is 0 Å². The molecule has 0 aliphatic heterocycles. The minimum atomic E-state index is -0.442. The highest BCUT2D eigenvalue weighted by atomic mass is 16.6. The van der Waals surface area contributed by atoms with E-state index in [2.05, 4.69) is 0 Å². The van der Waals surface area contributed by atoms with Crippen LogP contribution < -0.4 is 0 Å². The summed E-state index contributed by atoms with van der Waals surface area (Å²) >= 11 is 0. The summed E-state index contributed by atoms with van der Waals surface area (Å²) in [5.74, 6) is -0.290. The van der Waals surface area contributed by atoms with Gasteiger partial charge in [-0.1, -0.05) is 0 Å². The molecule has 0 aromatic rings. The summed E-state index contributed by atoms with van der Waals surface area (Å²) in [6.45, 7) is 7.70. The lowest BCUT2D eigenvalue weighted by atomic mass is 10.4. The molecule has 0 aliphatic rings. The smallest absolute Gasteiger partial charge is 0.335 e. The first kappa shape index (κ1) is 10.4. The summed E-state index contributed by atoms with van der Waals surface area (Å²) in [5, 5.41) is 0. The molecule has 0 aromatic carbocycles. The van der Waals surface area contributed by atoms with Crippen LogP contribution in [0, 0.1) is 0 Å². The second-order valence-electron chi connectivity index (χ2n) is 2.58. The van der Waals surface area contributed by atoms with Gasteiger partial charge >= 0.3 is 5.97 Å². The zero-order chi connectivity index (χ0) is 8.85. The van der Waals surface area contributed by atoms with E-state index in [-0.39, 0.29) is 12.1 Å². The molecule has 0 saturated heterocycles. The van der Waals surface area contributed by atoms with E-state index in [9.17, 15) is 4.79 Å². The summed E-state index contributed by atoms with van der Waals surface area (Å²) in [5.41, 5.74) is 0. The van der Waals surface area contributed by atoms with Crippen molar-refractivity contribution in [2.75, 3.05) is 6.61 Å². The first-order valence-corrected chi connectivity index (χ1v) is 3.90. The lowest BCUT2D eigenvalue weighted by Gasteiger charge is -2.13. The number of carbonyl (C=O) groups is 1. The van der Waals surface area contributed by atoms with Gasteiger partial charge in [-0.15, -0.1) is 0 Å². The van der Waals surface area contributed by atoms with Crippen LogP contribution in [0.2, 0.25) is 0 Å². The molecule has 0 rings (SSSR count). The van der Waals surface area contributed by atoms with E-state index in [1.807, 2.05) is 20.8 Å². The van der Waals surface area contributed by atoms with Gasteiger partial charge in [-0.25, -0.2) is 4.79 Å². The van der Waals surface area contributed by atoms with Gasteiger partial charge in [0, 0.05) is 6.61 Å². The molecule has 0 N–H and O–H groups in total. The molecule has 0 heterocycles. The maximum Gasteiger partial charge on any atom is 0.335 e. The van der Waals surface area contributed by atoms with Crippen LogP contribution in [-0.4, -0.2) is 24.8 Å². The fraction of sp³-hybridized carbons (Fsp3) is 0.875. The minimum Gasteiger partial charge on any atom is -0.461 e. The van der Waals surface area contributed by atoms with Gasteiger partial charge in [0.25, 0.3) is 0 Å². The fourth-order valence-corrected chi connectivity index (χ4v) is 0.646. The summed E-state index contributed by atoms with van der Waals surface area (Å²) in [7, 11) is 0. The lowest BCUT2D eigenvalue weighted by Crippen LogP contribution is -2.25. The fourth-order valence-electron chi connectivity index (χ4n) is 0.646. The zero-order valence-corrected chi connectivity index (χ0v) is 7.59. The van der Waals surface area contributed by atoms with Gasteiger partial charge in [0.05, 0.1) is 6.10 Å². The van der Waals surface area contributed by atoms with Crippen LogP contribution >= 0.6 is 0 Å². The van der Waals surface area contributed by atoms with Crippen LogP contribution in [0.25, 0.3) is 0 Å². The standard InChI is InChI=1S/C8H16O3/c1-5-10-7(4)8(9)11-6(2)3/h6-7H,5H2,1-4H3. The van der Waals surface area contributed by atoms with Crippen molar-refractivity contribution < 1.29 is 14.3 Å². The van der Waals surface area contributed by atoms with Crippen LogP contribution in [0.3, 0.4) is 0 Å². The van der Waals surface area contributed by atoms with Gasteiger partial charge in [0.2, 0.25) is 0 Å². The van der Waals surface area contributed by atoms with Crippen molar-refractivity contribution >= 4 is 5.97 Å². The van der Waals surface area contributed by atoms with Crippen molar-refractivity contribution in [3.05, 3.63) is 0 Å². The zero-order valence-electron chi connectivity index (χ0n) is 7.59. The molecule has 0 radical (unpaired) electrons. The van der Waals surface area contributed by atoms with Crippen molar-refractivity contribution in [1.82, 2.24) is 0 Å². The maximum absolute atomic E-state index is 11.0. The van der Waals surface area contributed by atoms with Crippen LogP contribution in [0.5, 0.6) is 0 Å². The van der Waals surface area contributed by atoms with Gasteiger partial charge in [0.1, 0.15) is 0 Å². The Balaban J connectivity index is 3.64. The molecule has 11 heavy (non-hydrogen) atoms. The lowest BCUT2D eigenvalue weighted by molar-refractivity contribution is -0.159. The Morgan fingerprint density at radius 3 is 2.27 bits per heavy atom. The van der Waals surface area contributed by atoms with Crippen LogP contribution in [0.4, 0.5) is 0 Å². The van der Waals surface area contributed by atoms with Crippen molar-refractivity contribution in [1.29, 1.82) is 0 Å². The van der Waals surface area contributed by atoms with Gasteiger partial charge in [0.15, 0.2) is 6.10 Å². The quantitative estimate of drug-likeness (QED) is 0.582. The van der Waals surface area contributed by atoms with Crippen molar-refractivity contribution in [2.24, 2.45) is 0 Å². The Kier molecular flexibility index (Phi) is 4.86. The van der Waals surface area contributed by atoms with E-state index in [1.54, 1.807) is 6.92 Å². The topological polar surface area (TPSA) is 35.5 Å². The van der Waals surface area contributed by atoms with E-state index in [4.69, 9.17) is 9.47 Å². The first-order valence-electron chi connectivity index (χ1n) is 3.90. The van der Waals surface area contributed by atoms with Gasteiger partial charge in [-0.3, -0.25) is 0 Å². The molecule has 0 fully saturated rings. The molecular weight excluding hydrogens is 144 g/mol. The van der Waals surface area contributed by atoms with Crippen LogP contribution in [0.1, 0.15) is 27.7 Å². The van der Waals surface area contributed by atoms with Crippen molar-refractivity contribution in [3.63, 3.8) is 0 Å².